The van der Waals surface area contributed by atoms with Crippen molar-refractivity contribution < 1.29 is 14.3 Å². The van der Waals surface area contributed by atoms with Gasteiger partial charge in [0.25, 0.3) is 0 Å². The van der Waals surface area contributed by atoms with Gasteiger partial charge in [0.1, 0.15) is 12.4 Å². The predicted molar refractivity (Wildman–Crippen MR) is 83.0 cm³/mol. The summed E-state index contributed by atoms with van der Waals surface area (Å²) < 4.78 is 10.3. The third-order valence-electron chi connectivity index (χ3n) is 2.91. The van der Waals surface area contributed by atoms with E-state index in [-0.39, 0.29) is 12.4 Å². The summed E-state index contributed by atoms with van der Waals surface area (Å²) in [5.41, 5.74) is 1.73. The van der Waals surface area contributed by atoms with Crippen LogP contribution < -0.4 is 4.74 Å². The van der Waals surface area contributed by atoms with Gasteiger partial charge in [-0.05, 0) is 29.8 Å². The third kappa shape index (κ3) is 4.66. The van der Waals surface area contributed by atoms with E-state index in [2.05, 4.69) is 4.74 Å². The Bertz CT molecular complexity index is 624. The van der Waals surface area contributed by atoms with Gasteiger partial charge in [-0.1, -0.05) is 41.4 Å². The molecule has 3 nitrogen and oxygen atoms in total. The number of halogens is 2. The zero-order valence-electron chi connectivity index (χ0n) is 11.4. The number of carbonyl (C=O) groups excluding carboxylic acids is 1. The maximum Gasteiger partial charge on any atom is 0.309 e. The number of esters is 1. The van der Waals surface area contributed by atoms with E-state index in [0.29, 0.717) is 22.4 Å². The lowest BCUT2D eigenvalue weighted by molar-refractivity contribution is -0.139. The van der Waals surface area contributed by atoms with E-state index in [1.165, 1.54) is 7.11 Å². The Morgan fingerprint density at radius 2 is 1.81 bits per heavy atom. The predicted octanol–water partition coefficient (Wildman–Crippen LogP) is 4.29. The van der Waals surface area contributed by atoms with E-state index in [1.807, 2.05) is 30.3 Å². The molecule has 0 heterocycles. The standard InChI is InChI=1S/C16H14Cl2O3/c1-20-16(19)8-11-2-6-14(7-3-11)21-10-12-4-5-13(17)9-15(12)18/h2-7,9H,8,10H2,1H3. The lowest BCUT2D eigenvalue weighted by Gasteiger charge is -2.09. The van der Waals surface area contributed by atoms with Crippen molar-refractivity contribution in [2.45, 2.75) is 13.0 Å². The van der Waals surface area contributed by atoms with Gasteiger partial charge in [0.2, 0.25) is 0 Å². The highest BCUT2D eigenvalue weighted by Gasteiger charge is 2.05. The molecule has 0 saturated heterocycles. The van der Waals surface area contributed by atoms with E-state index in [9.17, 15) is 4.79 Å². The summed E-state index contributed by atoms with van der Waals surface area (Å²) in [5, 5.41) is 1.17. The van der Waals surface area contributed by atoms with Crippen LogP contribution >= 0.6 is 23.2 Å². The second-order valence-corrected chi connectivity index (χ2v) is 5.26. The number of hydrogen-bond acceptors (Lipinski definition) is 3. The quantitative estimate of drug-likeness (QED) is 0.770. The normalized spacial score (nSPS) is 10.2. The number of rotatable bonds is 5. The molecule has 2 aromatic carbocycles. The minimum atomic E-state index is -0.267. The van der Waals surface area contributed by atoms with Crippen LogP contribution in [0.1, 0.15) is 11.1 Å². The summed E-state index contributed by atoms with van der Waals surface area (Å²) in [7, 11) is 1.37. The van der Waals surface area contributed by atoms with E-state index in [0.717, 1.165) is 11.1 Å². The molecular formula is C16H14Cl2O3. The van der Waals surface area contributed by atoms with Gasteiger partial charge in [0.05, 0.1) is 13.5 Å². The Hall–Kier alpha value is -1.71. The maximum atomic E-state index is 11.2. The molecule has 0 fully saturated rings. The fraction of sp³-hybridized carbons (Fsp3) is 0.188. The van der Waals surface area contributed by atoms with Crippen molar-refractivity contribution in [3.05, 3.63) is 63.6 Å². The van der Waals surface area contributed by atoms with Crippen molar-refractivity contribution in [3.8, 4) is 5.75 Å². The van der Waals surface area contributed by atoms with Crippen molar-refractivity contribution in [2.75, 3.05) is 7.11 Å². The fourth-order valence-corrected chi connectivity index (χ4v) is 2.21. The molecule has 0 bridgehead atoms. The van der Waals surface area contributed by atoms with Crippen LogP contribution in [0.15, 0.2) is 42.5 Å². The second kappa shape index (κ2) is 7.34. The summed E-state index contributed by atoms with van der Waals surface area (Å²) in [5.74, 6) is 0.436. The Balaban J connectivity index is 1.96. The first kappa shape index (κ1) is 15.7. The second-order valence-electron chi connectivity index (χ2n) is 4.42. The van der Waals surface area contributed by atoms with Crippen LogP contribution in [0.3, 0.4) is 0 Å². The smallest absolute Gasteiger partial charge is 0.309 e. The molecule has 0 saturated carbocycles. The molecule has 2 aromatic rings. The van der Waals surface area contributed by atoms with Gasteiger partial charge in [-0.25, -0.2) is 0 Å². The van der Waals surface area contributed by atoms with Crippen molar-refractivity contribution in [1.29, 1.82) is 0 Å². The molecule has 0 aliphatic rings. The van der Waals surface area contributed by atoms with Gasteiger partial charge in [0, 0.05) is 15.6 Å². The SMILES string of the molecule is COC(=O)Cc1ccc(OCc2ccc(Cl)cc2Cl)cc1. The first-order valence-electron chi connectivity index (χ1n) is 6.31. The topological polar surface area (TPSA) is 35.5 Å². The largest absolute Gasteiger partial charge is 0.489 e. The summed E-state index contributed by atoms with van der Waals surface area (Å²) in [4.78, 5) is 11.2. The highest BCUT2D eigenvalue weighted by atomic mass is 35.5. The first-order valence-corrected chi connectivity index (χ1v) is 7.06. The zero-order chi connectivity index (χ0) is 15.2. The van der Waals surface area contributed by atoms with Gasteiger partial charge in [-0.3, -0.25) is 4.79 Å². The fourth-order valence-electron chi connectivity index (χ4n) is 1.74. The molecule has 0 amide bonds. The molecule has 2 rings (SSSR count). The van der Waals surface area contributed by atoms with Crippen LogP contribution in [-0.2, 0) is 22.6 Å². The maximum absolute atomic E-state index is 11.2. The molecule has 0 aromatic heterocycles. The molecule has 0 N–H and O–H groups in total. The number of hydrogen-bond donors (Lipinski definition) is 0. The molecule has 0 atom stereocenters. The number of carbonyl (C=O) groups is 1. The minimum Gasteiger partial charge on any atom is -0.489 e. The van der Waals surface area contributed by atoms with Gasteiger partial charge in [0.15, 0.2) is 0 Å². The van der Waals surface area contributed by atoms with E-state index >= 15 is 0 Å². The summed E-state index contributed by atoms with van der Waals surface area (Å²) in [6.07, 6.45) is 0.250. The third-order valence-corrected chi connectivity index (χ3v) is 3.50. The molecule has 0 spiro atoms. The Labute approximate surface area is 133 Å². The number of benzene rings is 2. The lowest BCUT2D eigenvalue weighted by Crippen LogP contribution is -2.04. The van der Waals surface area contributed by atoms with Gasteiger partial charge in [-0.15, -0.1) is 0 Å². The Morgan fingerprint density at radius 1 is 1.10 bits per heavy atom. The van der Waals surface area contributed by atoms with Crippen LogP contribution in [0, 0.1) is 0 Å². The van der Waals surface area contributed by atoms with Crippen LogP contribution in [0.25, 0.3) is 0 Å². The van der Waals surface area contributed by atoms with Crippen molar-refractivity contribution >= 4 is 29.2 Å². The van der Waals surface area contributed by atoms with Crippen molar-refractivity contribution in [2.24, 2.45) is 0 Å². The van der Waals surface area contributed by atoms with Crippen LogP contribution in [0.2, 0.25) is 10.0 Å². The Kier molecular flexibility index (Phi) is 5.48. The number of methoxy groups -OCH3 is 1. The average Bonchev–Trinajstić information content (AvgIpc) is 2.48. The summed E-state index contributed by atoms with van der Waals surface area (Å²) in [6, 6.07) is 12.6. The highest BCUT2D eigenvalue weighted by molar-refractivity contribution is 6.35. The molecule has 0 aliphatic carbocycles. The average molecular weight is 325 g/mol. The number of ether oxygens (including phenoxy) is 2. The van der Waals surface area contributed by atoms with E-state index in [4.69, 9.17) is 27.9 Å². The minimum absolute atomic E-state index is 0.250. The summed E-state index contributed by atoms with van der Waals surface area (Å²) in [6.45, 7) is 0.354. The van der Waals surface area contributed by atoms with Gasteiger partial charge in [-0.2, -0.15) is 0 Å². The van der Waals surface area contributed by atoms with Gasteiger partial charge < -0.3 is 9.47 Å². The molecular weight excluding hydrogens is 311 g/mol. The van der Waals surface area contributed by atoms with Crippen LogP contribution in [0.4, 0.5) is 0 Å². The molecule has 0 unspecified atom stereocenters. The van der Waals surface area contributed by atoms with Gasteiger partial charge >= 0.3 is 5.97 Å². The molecule has 110 valence electrons. The Morgan fingerprint density at radius 3 is 2.43 bits per heavy atom. The molecule has 21 heavy (non-hydrogen) atoms. The molecule has 0 aliphatic heterocycles. The molecule has 0 radical (unpaired) electrons. The van der Waals surface area contributed by atoms with E-state index < -0.39 is 0 Å². The summed E-state index contributed by atoms with van der Waals surface area (Å²) >= 11 is 11.9. The van der Waals surface area contributed by atoms with Crippen molar-refractivity contribution in [3.63, 3.8) is 0 Å². The van der Waals surface area contributed by atoms with E-state index in [1.54, 1.807) is 12.1 Å². The highest BCUT2D eigenvalue weighted by Crippen LogP contribution is 2.23. The van der Waals surface area contributed by atoms with Crippen molar-refractivity contribution in [1.82, 2.24) is 0 Å². The first-order chi connectivity index (χ1) is 10.1. The van der Waals surface area contributed by atoms with Crippen LogP contribution in [-0.4, -0.2) is 13.1 Å². The lowest BCUT2D eigenvalue weighted by atomic mass is 10.1. The molecule has 5 heteroatoms. The monoisotopic (exact) mass is 324 g/mol. The van der Waals surface area contributed by atoms with Crippen LogP contribution in [0.5, 0.6) is 5.75 Å². The zero-order valence-corrected chi connectivity index (χ0v) is 12.9.